The molecule has 2 aliphatic rings. The Bertz CT molecular complexity index is 378. The average molecular weight is 210 g/mol. The van der Waals surface area contributed by atoms with Gasteiger partial charge in [0.05, 0.1) is 6.04 Å². The number of nitrogens with one attached hydrogen (secondary N) is 1. The second-order valence-electron chi connectivity index (χ2n) is 4.24. The molecule has 2 fully saturated rings. The summed E-state index contributed by atoms with van der Waals surface area (Å²) in [6.07, 6.45) is 5.82. The normalized spacial score (nSPS) is 28.4. The van der Waals surface area contributed by atoms with Crippen molar-refractivity contribution in [2.45, 2.75) is 31.3 Å². The molecule has 0 bridgehead atoms. The van der Waals surface area contributed by atoms with Gasteiger partial charge in [0.1, 0.15) is 6.33 Å². The van der Waals surface area contributed by atoms with Crippen molar-refractivity contribution < 1.29 is 0 Å². The smallest absolute Gasteiger partial charge is 0.195 e. The van der Waals surface area contributed by atoms with Crippen molar-refractivity contribution in [1.82, 2.24) is 19.7 Å². The van der Waals surface area contributed by atoms with Crippen LogP contribution >= 0.6 is 12.2 Å². The van der Waals surface area contributed by atoms with Gasteiger partial charge in [0.15, 0.2) is 4.77 Å². The molecule has 1 N–H and O–H groups in total. The number of H-pyrrole nitrogens is 1. The number of hydrogen-bond donors (Lipinski definition) is 1. The SMILES string of the molecule is S=c1[nH]ncn1C1CCN(C2CC2)C1. The summed E-state index contributed by atoms with van der Waals surface area (Å²) < 4.78 is 2.85. The fraction of sp³-hybridized carbons (Fsp3) is 0.778. The minimum absolute atomic E-state index is 0.543. The molecular weight excluding hydrogens is 196 g/mol. The van der Waals surface area contributed by atoms with Crippen LogP contribution < -0.4 is 0 Å². The Labute approximate surface area is 87.9 Å². The van der Waals surface area contributed by atoms with Gasteiger partial charge in [-0.3, -0.25) is 10.00 Å². The first-order chi connectivity index (χ1) is 6.84. The van der Waals surface area contributed by atoms with E-state index >= 15 is 0 Å². The molecule has 1 saturated heterocycles. The van der Waals surface area contributed by atoms with Gasteiger partial charge < -0.3 is 4.57 Å². The van der Waals surface area contributed by atoms with Crippen LogP contribution in [0.4, 0.5) is 0 Å². The van der Waals surface area contributed by atoms with Gasteiger partial charge in [0, 0.05) is 19.1 Å². The summed E-state index contributed by atoms with van der Waals surface area (Å²) in [7, 11) is 0. The number of likely N-dealkylation sites (tertiary alicyclic amines) is 1. The Morgan fingerprint density at radius 2 is 2.21 bits per heavy atom. The van der Waals surface area contributed by atoms with E-state index in [1.807, 2.05) is 6.33 Å². The highest BCUT2D eigenvalue weighted by Gasteiger charge is 2.34. The fourth-order valence-electron chi connectivity index (χ4n) is 2.28. The van der Waals surface area contributed by atoms with Crippen molar-refractivity contribution in [3.05, 3.63) is 11.1 Å². The summed E-state index contributed by atoms with van der Waals surface area (Å²) in [6.45, 7) is 2.38. The summed E-state index contributed by atoms with van der Waals surface area (Å²) in [5.74, 6) is 0. The number of hydrogen-bond acceptors (Lipinski definition) is 3. The van der Waals surface area contributed by atoms with E-state index in [2.05, 4.69) is 19.7 Å². The van der Waals surface area contributed by atoms with E-state index in [-0.39, 0.29) is 0 Å². The lowest BCUT2D eigenvalue weighted by Crippen LogP contribution is -2.23. The van der Waals surface area contributed by atoms with E-state index in [0.717, 1.165) is 17.4 Å². The summed E-state index contributed by atoms with van der Waals surface area (Å²) in [5.41, 5.74) is 0. The second kappa shape index (κ2) is 3.17. The van der Waals surface area contributed by atoms with Gasteiger partial charge in [-0.15, -0.1) is 0 Å². The zero-order valence-electron chi connectivity index (χ0n) is 8.02. The third-order valence-corrected chi connectivity index (χ3v) is 3.53. The van der Waals surface area contributed by atoms with Gasteiger partial charge in [-0.2, -0.15) is 5.10 Å². The molecule has 14 heavy (non-hydrogen) atoms. The van der Waals surface area contributed by atoms with E-state index in [1.165, 1.54) is 25.8 Å². The molecule has 1 aromatic rings. The van der Waals surface area contributed by atoms with Crippen molar-refractivity contribution in [2.75, 3.05) is 13.1 Å². The molecule has 76 valence electrons. The number of rotatable bonds is 2. The topological polar surface area (TPSA) is 36.9 Å². The predicted molar refractivity (Wildman–Crippen MR) is 55.7 cm³/mol. The highest BCUT2D eigenvalue weighted by atomic mass is 32.1. The van der Waals surface area contributed by atoms with Gasteiger partial charge in [0.25, 0.3) is 0 Å². The highest BCUT2D eigenvalue weighted by Crippen LogP contribution is 2.33. The molecule has 0 radical (unpaired) electrons. The quantitative estimate of drug-likeness (QED) is 0.749. The van der Waals surface area contributed by atoms with Gasteiger partial charge in [0.2, 0.25) is 0 Å². The molecule has 1 unspecified atom stereocenters. The molecule has 0 amide bonds. The van der Waals surface area contributed by atoms with E-state index in [1.54, 1.807) is 0 Å². The van der Waals surface area contributed by atoms with Crippen LogP contribution in [-0.4, -0.2) is 38.8 Å². The highest BCUT2D eigenvalue weighted by molar-refractivity contribution is 7.71. The molecule has 1 atom stereocenters. The third-order valence-electron chi connectivity index (χ3n) is 3.23. The molecule has 3 rings (SSSR count). The summed E-state index contributed by atoms with van der Waals surface area (Å²) in [5, 5.41) is 6.78. The molecule has 4 nitrogen and oxygen atoms in total. The maximum atomic E-state index is 5.17. The largest absolute Gasteiger partial charge is 0.302 e. The molecule has 2 heterocycles. The summed E-state index contributed by atoms with van der Waals surface area (Å²) >= 11 is 5.17. The molecular formula is C9H14N4S. The van der Waals surface area contributed by atoms with Crippen molar-refractivity contribution in [2.24, 2.45) is 0 Å². The monoisotopic (exact) mass is 210 g/mol. The lowest BCUT2D eigenvalue weighted by molar-refractivity contribution is 0.313. The fourth-order valence-corrected chi connectivity index (χ4v) is 2.53. The molecule has 1 aliphatic carbocycles. The van der Waals surface area contributed by atoms with Crippen LogP contribution in [0, 0.1) is 4.77 Å². The van der Waals surface area contributed by atoms with Gasteiger partial charge in [-0.25, -0.2) is 0 Å². The first-order valence-electron chi connectivity index (χ1n) is 5.20. The van der Waals surface area contributed by atoms with Crippen molar-refractivity contribution >= 4 is 12.2 Å². The van der Waals surface area contributed by atoms with Gasteiger partial charge in [-0.1, -0.05) is 0 Å². The maximum Gasteiger partial charge on any atom is 0.195 e. The number of aromatic nitrogens is 3. The van der Waals surface area contributed by atoms with Crippen LogP contribution in [0.1, 0.15) is 25.3 Å². The Kier molecular flexibility index (Phi) is 1.95. The number of nitrogens with zero attached hydrogens (tertiary/aromatic N) is 3. The maximum absolute atomic E-state index is 5.17. The van der Waals surface area contributed by atoms with E-state index in [0.29, 0.717) is 6.04 Å². The van der Waals surface area contributed by atoms with Crippen LogP contribution in [0.15, 0.2) is 6.33 Å². The van der Waals surface area contributed by atoms with Crippen molar-refractivity contribution in [3.63, 3.8) is 0 Å². The van der Waals surface area contributed by atoms with Crippen LogP contribution in [0.25, 0.3) is 0 Å². The van der Waals surface area contributed by atoms with E-state index in [4.69, 9.17) is 12.2 Å². The first kappa shape index (κ1) is 8.61. The predicted octanol–water partition coefficient (Wildman–Crippen LogP) is 1.35. The molecule has 5 heteroatoms. The summed E-state index contributed by atoms with van der Waals surface area (Å²) in [4.78, 5) is 2.58. The Morgan fingerprint density at radius 3 is 2.86 bits per heavy atom. The lowest BCUT2D eigenvalue weighted by atomic mass is 10.3. The molecule has 1 aromatic heterocycles. The molecule has 1 saturated carbocycles. The minimum atomic E-state index is 0.543. The zero-order chi connectivity index (χ0) is 9.54. The van der Waals surface area contributed by atoms with Crippen molar-refractivity contribution in [1.29, 1.82) is 0 Å². The molecule has 0 spiro atoms. The zero-order valence-corrected chi connectivity index (χ0v) is 8.83. The lowest BCUT2D eigenvalue weighted by Gasteiger charge is -2.14. The van der Waals surface area contributed by atoms with E-state index < -0.39 is 0 Å². The van der Waals surface area contributed by atoms with Crippen LogP contribution in [0.2, 0.25) is 0 Å². The second-order valence-corrected chi connectivity index (χ2v) is 4.62. The van der Waals surface area contributed by atoms with Gasteiger partial charge >= 0.3 is 0 Å². The Balaban J connectivity index is 1.75. The number of aromatic amines is 1. The molecule has 0 aromatic carbocycles. The van der Waals surface area contributed by atoms with E-state index in [9.17, 15) is 0 Å². The average Bonchev–Trinajstić information content (AvgIpc) is 2.75. The standard InChI is InChI=1S/C9H14N4S/c14-9-11-10-6-13(9)8-3-4-12(5-8)7-1-2-7/h6-8H,1-5H2,(H,11,14). The Hall–Kier alpha value is -0.680. The van der Waals surface area contributed by atoms with Crippen molar-refractivity contribution in [3.8, 4) is 0 Å². The van der Waals surface area contributed by atoms with Crippen LogP contribution in [0.3, 0.4) is 0 Å². The minimum Gasteiger partial charge on any atom is -0.302 e. The van der Waals surface area contributed by atoms with Crippen LogP contribution in [-0.2, 0) is 0 Å². The van der Waals surface area contributed by atoms with Gasteiger partial charge in [-0.05, 0) is 31.5 Å². The third kappa shape index (κ3) is 1.40. The van der Waals surface area contributed by atoms with Crippen LogP contribution in [0.5, 0.6) is 0 Å². The first-order valence-corrected chi connectivity index (χ1v) is 5.61. The Morgan fingerprint density at radius 1 is 1.36 bits per heavy atom. The molecule has 1 aliphatic heterocycles. The summed E-state index contributed by atoms with van der Waals surface area (Å²) in [6, 6.07) is 1.42.